The molecule has 0 N–H and O–H groups in total. The summed E-state index contributed by atoms with van der Waals surface area (Å²) in [6, 6.07) is 0. The number of carbonyl (C=O) groups is 1. The largest absolute Gasteiger partial charge is 0.456 e. The van der Waals surface area contributed by atoms with Crippen LogP contribution in [0.15, 0.2) is 12.7 Å². The van der Waals surface area contributed by atoms with Gasteiger partial charge in [0.25, 0.3) is 0 Å². The summed E-state index contributed by atoms with van der Waals surface area (Å²) in [7, 11) is 0. The summed E-state index contributed by atoms with van der Waals surface area (Å²) in [5, 5.41) is 0. The third-order valence-corrected chi connectivity index (χ3v) is 3.53. The molecular formula is C13H22O2. The van der Waals surface area contributed by atoms with Gasteiger partial charge in [-0.25, -0.2) is 4.79 Å². The van der Waals surface area contributed by atoms with E-state index < -0.39 is 0 Å². The van der Waals surface area contributed by atoms with E-state index in [4.69, 9.17) is 4.74 Å². The van der Waals surface area contributed by atoms with E-state index in [0.717, 1.165) is 19.3 Å². The average Bonchev–Trinajstić information content (AvgIpc) is 2.23. The second-order valence-electron chi connectivity index (χ2n) is 4.59. The Kier molecular flexibility index (Phi) is 4.37. The summed E-state index contributed by atoms with van der Waals surface area (Å²) < 4.78 is 5.62. The fourth-order valence-corrected chi connectivity index (χ4v) is 2.62. The van der Waals surface area contributed by atoms with E-state index in [2.05, 4.69) is 20.4 Å². The Morgan fingerprint density at radius 1 is 1.60 bits per heavy atom. The van der Waals surface area contributed by atoms with Crippen LogP contribution in [0.1, 0.15) is 52.4 Å². The number of rotatable bonds is 4. The van der Waals surface area contributed by atoms with Crippen LogP contribution < -0.4 is 0 Å². The van der Waals surface area contributed by atoms with Gasteiger partial charge in [-0.15, -0.1) is 0 Å². The first-order valence-electron chi connectivity index (χ1n) is 6.00. The van der Waals surface area contributed by atoms with Gasteiger partial charge >= 0.3 is 5.97 Å². The molecular weight excluding hydrogens is 188 g/mol. The SMILES string of the molecule is C=CC(=O)OC1(CCC)CCCCC1C. The number of hydrogen-bond acceptors (Lipinski definition) is 2. The summed E-state index contributed by atoms with van der Waals surface area (Å²) in [6.45, 7) is 7.81. The van der Waals surface area contributed by atoms with Crippen molar-refractivity contribution in [3.63, 3.8) is 0 Å². The summed E-state index contributed by atoms with van der Waals surface area (Å²) in [4.78, 5) is 11.4. The summed E-state index contributed by atoms with van der Waals surface area (Å²) >= 11 is 0. The highest BCUT2D eigenvalue weighted by atomic mass is 16.6. The number of hydrogen-bond donors (Lipinski definition) is 0. The highest BCUT2D eigenvalue weighted by molar-refractivity contribution is 5.81. The predicted molar refractivity (Wildman–Crippen MR) is 61.6 cm³/mol. The second-order valence-corrected chi connectivity index (χ2v) is 4.59. The molecule has 0 saturated heterocycles. The van der Waals surface area contributed by atoms with Crippen molar-refractivity contribution in [3.05, 3.63) is 12.7 Å². The van der Waals surface area contributed by atoms with E-state index in [0.29, 0.717) is 5.92 Å². The van der Waals surface area contributed by atoms with E-state index in [-0.39, 0.29) is 11.6 Å². The van der Waals surface area contributed by atoms with Crippen molar-refractivity contribution in [2.24, 2.45) is 5.92 Å². The van der Waals surface area contributed by atoms with Crippen LogP contribution >= 0.6 is 0 Å². The van der Waals surface area contributed by atoms with E-state index in [1.807, 2.05) is 0 Å². The van der Waals surface area contributed by atoms with E-state index in [9.17, 15) is 4.79 Å². The van der Waals surface area contributed by atoms with Crippen molar-refractivity contribution < 1.29 is 9.53 Å². The first-order chi connectivity index (χ1) is 7.14. The smallest absolute Gasteiger partial charge is 0.330 e. The maximum atomic E-state index is 11.4. The maximum absolute atomic E-state index is 11.4. The average molecular weight is 210 g/mol. The highest BCUT2D eigenvalue weighted by Crippen LogP contribution is 2.40. The molecule has 2 heteroatoms. The van der Waals surface area contributed by atoms with Gasteiger partial charge in [0.05, 0.1) is 0 Å². The molecule has 1 aliphatic rings. The van der Waals surface area contributed by atoms with Crippen LogP contribution in [0.4, 0.5) is 0 Å². The Bertz CT molecular complexity index is 231. The Labute approximate surface area is 92.7 Å². The summed E-state index contributed by atoms with van der Waals surface area (Å²) in [5.74, 6) is 0.215. The van der Waals surface area contributed by atoms with Crippen LogP contribution in [-0.4, -0.2) is 11.6 Å². The van der Waals surface area contributed by atoms with Gasteiger partial charge in [-0.1, -0.05) is 33.3 Å². The molecule has 0 aromatic carbocycles. The van der Waals surface area contributed by atoms with Gasteiger partial charge in [-0.3, -0.25) is 0 Å². The van der Waals surface area contributed by atoms with Crippen molar-refractivity contribution in [2.75, 3.05) is 0 Å². The Morgan fingerprint density at radius 2 is 2.33 bits per heavy atom. The Morgan fingerprint density at radius 3 is 2.87 bits per heavy atom. The number of esters is 1. The first-order valence-corrected chi connectivity index (χ1v) is 6.00. The first kappa shape index (κ1) is 12.3. The normalized spacial score (nSPS) is 30.9. The molecule has 2 unspecified atom stereocenters. The fraction of sp³-hybridized carbons (Fsp3) is 0.769. The van der Waals surface area contributed by atoms with E-state index in [1.54, 1.807) is 0 Å². The highest BCUT2D eigenvalue weighted by Gasteiger charge is 2.40. The van der Waals surface area contributed by atoms with Crippen LogP contribution in [-0.2, 0) is 9.53 Å². The topological polar surface area (TPSA) is 26.3 Å². The third kappa shape index (κ3) is 2.83. The van der Waals surface area contributed by atoms with Crippen molar-refractivity contribution in [1.29, 1.82) is 0 Å². The van der Waals surface area contributed by atoms with Gasteiger partial charge in [-0.05, 0) is 31.6 Å². The minimum Gasteiger partial charge on any atom is -0.456 e. The molecule has 2 atom stereocenters. The van der Waals surface area contributed by atoms with Crippen LogP contribution in [0.3, 0.4) is 0 Å². The van der Waals surface area contributed by atoms with Gasteiger partial charge in [-0.2, -0.15) is 0 Å². The third-order valence-electron chi connectivity index (χ3n) is 3.53. The molecule has 1 fully saturated rings. The number of carbonyl (C=O) groups excluding carboxylic acids is 1. The Hall–Kier alpha value is -0.790. The molecule has 86 valence electrons. The lowest BCUT2D eigenvalue weighted by Crippen LogP contribution is -2.43. The van der Waals surface area contributed by atoms with Gasteiger partial charge in [0.1, 0.15) is 5.60 Å². The van der Waals surface area contributed by atoms with Crippen LogP contribution in [0.2, 0.25) is 0 Å². The standard InChI is InChI=1S/C13H22O2/c1-4-9-13(15-12(14)5-2)10-7-6-8-11(13)3/h5,11H,2,4,6-10H2,1,3H3. The maximum Gasteiger partial charge on any atom is 0.330 e. The minimum absolute atomic E-state index is 0.210. The quantitative estimate of drug-likeness (QED) is 0.524. The molecule has 0 aromatic rings. The zero-order valence-electron chi connectivity index (χ0n) is 9.92. The molecule has 0 heterocycles. The Balaban J connectivity index is 2.75. The zero-order valence-corrected chi connectivity index (χ0v) is 9.92. The lowest BCUT2D eigenvalue weighted by Gasteiger charge is -2.41. The van der Waals surface area contributed by atoms with Gasteiger partial charge in [0.2, 0.25) is 0 Å². The zero-order chi connectivity index (χ0) is 11.3. The van der Waals surface area contributed by atoms with Crippen LogP contribution in [0.5, 0.6) is 0 Å². The molecule has 15 heavy (non-hydrogen) atoms. The van der Waals surface area contributed by atoms with E-state index in [1.165, 1.54) is 25.3 Å². The lowest BCUT2D eigenvalue weighted by molar-refractivity contribution is -0.165. The molecule has 0 amide bonds. The number of ether oxygens (including phenoxy) is 1. The van der Waals surface area contributed by atoms with E-state index >= 15 is 0 Å². The molecule has 2 nitrogen and oxygen atoms in total. The molecule has 0 aromatic heterocycles. The minimum atomic E-state index is -0.266. The van der Waals surface area contributed by atoms with Gasteiger partial charge in [0.15, 0.2) is 0 Å². The molecule has 1 rings (SSSR count). The molecule has 0 bridgehead atoms. The van der Waals surface area contributed by atoms with Gasteiger partial charge < -0.3 is 4.74 Å². The van der Waals surface area contributed by atoms with Crippen molar-refractivity contribution in [1.82, 2.24) is 0 Å². The molecule has 0 spiro atoms. The summed E-state index contributed by atoms with van der Waals surface area (Å²) in [6.07, 6.45) is 7.94. The van der Waals surface area contributed by atoms with Crippen molar-refractivity contribution >= 4 is 5.97 Å². The molecule has 0 aliphatic heterocycles. The molecule has 1 saturated carbocycles. The second kappa shape index (κ2) is 5.34. The van der Waals surface area contributed by atoms with Crippen LogP contribution in [0, 0.1) is 5.92 Å². The van der Waals surface area contributed by atoms with Crippen molar-refractivity contribution in [3.8, 4) is 0 Å². The van der Waals surface area contributed by atoms with Crippen LogP contribution in [0.25, 0.3) is 0 Å². The fourth-order valence-electron chi connectivity index (χ4n) is 2.62. The molecule has 1 aliphatic carbocycles. The lowest BCUT2D eigenvalue weighted by atomic mass is 9.74. The monoisotopic (exact) mass is 210 g/mol. The predicted octanol–water partition coefficient (Wildman–Crippen LogP) is 3.46. The molecule has 0 radical (unpaired) electrons. The van der Waals surface area contributed by atoms with Crippen molar-refractivity contribution in [2.45, 2.75) is 58.0 Å². The summed E-state index contributed by atoms with van der Waals surface area (Å²) in [5.41, 5.74) is -0.210. The van der Waals surface area contributed by atoms with Gasteiger partial charge in [0, 0.05) is 6.08 Å².